The number of aliphatic hydroxyl groups is 4. The lowest BCUT2D eigenvalue weighted by atomic mass is 9.97. The van der Waals surface area contributed by atoms with Crippen molar-refractivity contribution in [2.24, 2.45) is 5.92 Å². The van der Waals surface area contributed by atoms with Crippen molar-refractivity contribution in [3.8, 4) is 0 Å². The maximum absolute atomic E-state index is 9.38. The Bertz CT molecular complexity index is 150. The van der Waals surface area contributed by atoms with E-state index in [2.05, 4.69) is 0 Å². The summed E-state index contributed by atoms with van der Waals surface area (Å²) >= 11 is 1.10. The molecule has 4 N–H and O–H groups in total. The smallest absolute Gasteiger partial charge is 0.105 e. The van der Waals surface area contributed by atoms with Gasteiger partial charge in [-0.2, -0.15) is 0 Å². The number of hydrogen-bond donors (Lipinski definition) is 4. The summed E-state index contributed by atoms with van der Waals surface area (Å²) in [6, 6.07) is 0. The van der Waals surface area contributed by atoms with Crippen LogP contribution >= 0.6 is 11.8 Å². The number of thioether (sulfide) groups is 1. The fourth-order valence-corrected chi connectivity index (χ4v) is 2.41. The van der Waals surface area contributed by atoms with Gasteiger partial charge in [0.05, 0.1) is 24.1 Å². The minimum absolute atomic E-state index is 0.229. The largest absolute Gasteiger partial charge is 0.395 e. The van der Waals surface area contributed by atoms with E-state index in [-0.39, 0.29) is 12.5 Å². The highest BCUT2D eigenvalue weighted by molar-refractivity contribution is 8.00. The van der Waals surface area contributed by atoms with E-state index < -0.39 is 22.9 Å². The van der Waals surface area contributed by atoms with Crippen molar-refractivity contribution < 1.29 is 20.4 Å². The van der Waals surface area contributed by atoms with Gasteiger partial charge in [-0.1, -0.05) is 6.92 Å². The normalized spacial score (nSPS) is 49.2. The first-order valence-electron chi connectivity index (χ1n) is 3.88. The third-order valence-electron chi connectivity index (χ3n) is 2.21. The van der Waals surface area contributed by atoms with Crippen LogP contribution in [0.2, 0.25) is 0 Å². The molecule has 1 saturated heterocycles. The third-order valence-corrected chi connectivity index (χ3v) is 3.70. The van der Waals surface area contributed by atoms with Gasteiger partial charge in [-0.05, 0) is 0 Å². The predicted octanol–water partition coefficient (Wildman–Crippen LogP) is -1.23. The summed E-state index contributed by atoms with van der Waals surface area (Å²) in [6.07, 6.45) is -1.89. The second-order valence-electron chi connectivity index (χ2n) is 3.09. The molecule has 1 rings (SSSR count). The first-order chi connectivity index (χ1) is 5.57. The number of aliphatic hydroxyl groups excluding tert-OH is 4. The molecule has 1 fully saturated rings. The molecule has 1 aliphatic rings. The minimum atomic E-state index is -0.946. The van der Waals surface area contributed by atoms with Gasteiger partial charge in [0, 0.05) is 5.92 Å². The van der Waals surface area contributed by atoms with Gasteiger partial charge < -0.3 is 20.4 Å². The van der Waals surface area contributed by atoms with Crippen LogP contribution in [0.15, 0.2) is 0 Å². The topological polar surface area (TPSA) is 80.9 Å². The van der Waals surface area contributed by atoms with Crippen LogP contribution in [0.25, 0.3) is 0 Å². The summed E-state index contributed by atoms with van der Waals surface area (Å²) in [7, 11) is 0. The van der Waals surface area contributed by atoms with Gasteiger partial charge in [0.25, 0.3) is 0 Å². The van der Waals surface area contributed by atoms with Crippen LogP contribution in [0, 0.1) is 5.92 Å². The van der Waals surface area contributed by atoms with E-state index in [9.17, 15) is 15.3 Å². The van der Waals surface area contributed by atoms with Gasteiger partial charge in [-0.3, -0.25) is 0 Å². The Morgan fingerprint density at radius 3 is 2.25 bits per heavy atom. The van der Waals surface area contributed by atoms with Crippen molar-refractivity contribution >= 4 is 11.8 Å². The van der Waals surface area contributed by atoms with Gasteiger partial charge >= 0.3 is 0 Å². The number of rotatable bonds is 1. The first kappa shape index (κ1) is 10.3. The molecule has 0 aromatic carbocycles. The molecule has 5 atom stereocenters. The molecule has 2 unspecified atom stereocenters. The molecule has 0 bridgehead atoms. The molecule has 0 aliphatic carbocycles. The molecule has 12 heavy (non-hydrogen) atoms. The quantitative estimate of drug-likeness (QED) is 0.420. The predicted molar refractivity (Wildman–Crippen MR) is 45.6 cm³/mol. The van der Waals surface area contributed by atoms with Crippen molar-refractivity contribution in [3.05, 3.63) is 0 Å². The third kappa shape index (κ3) is 1.75. The molecule has 0 saturated carbocycles. The van der Waals surface area contributed by atoms with E-state index in [1.807, 2.05) is 0 Å². The lowest BCUT2D eigenvalue weighted by Gasteiger charge is -2.37. The highest BCUT2D eigenvalue weighted by Crippen LogP contribution is 2.34. The Hall–Kier alpha value is 0.190. The summed E-state index contributed by atoms with van der Waals surface area (Å²) in [5, 5.41) is 36.4. The van der Waals surface area contributed by atoms with Gasteiger partial charge in [0.15, 0.2) is 0 Å². The van der Waals surface area contributed by atoms with Crippen LogP contribution in [0.1, 0.15) is 6.92 Å². The molecule has 1 heterocycles. The molecule has 0 spiro atoms. The van der Waals surface area contributed by atoms with Gasteiger partial charge in [0.1, 0.15) is 5.44 Å². The molecule has 4 nitrogen and oxygen atoms in total. The van der Waals surface area contributed by atoms with Crippen molar-refractivity contribution in [2.75, 3.05) is 6.61 Å². The second kappa shape index (κ2) is 3.93. The fraction of sp³-hybridized carbons (Fsp3) is 1.00. The highest BCUT2D eigenvalue weighted by atomic mass is 32.2. The molecular formula is C7H14O4S. The van der Waals surface area contributed by atoms with E-state index in [0.29, 0.717) is 0 Å². The second-order valence-corrected chi connectivity index (χ2v) is 4.45. The lowest BCUT2D eigenvalue weighted by Crippen LogP contribution is -2.49. The Kier molecular flexibility index (Phi) is 3.37. The van der Waals surface area contributed by atoms with Crippen LogP contribution in [0.4, 0.5) is 0 Å². The standard InChI is InChI=1S/C7H14O4S/c1-3-5(9)6(10)4(2-8)12-7(3)11/h3-11H,2H2,1H3/t3?,4?,5-,6-,7+/m1/s1. The van der Waals surface area contributed by atoms with Gasteiger partial charge in [-0.15, -0.1) is 11.8 Å². The van der Waals surface area contributed by atoms with E-state index in [1.54, 1.807) is 6.92 Å². The van der Waals surface area contributed by atoms with Crippen LogP contribution < -0.4 is 0 Å². The van der Waals surface area contributed by atoms with Crippen LogP contribution in [0.3, 0.4) is 0 Å². The van der Waals surface area contributed by atoms with Gasteiger partial charge in [0.2, 0.25) is 0 Å². The Balaban J connectivity index is 2.63. The molecule has 5 heteroatoms. The zero-order valence-electron chi connectivity index (χ0n) is 6.79. The molecule has 72 valence electrons. The molecule has 0 radical (unpaired) electrons. The average Bonchev–Trinajstić information content (AvgIpc) is 2.08. The van der Waals surface area contributed by atoms with E-state index in [1.165, 1.54) is 0 Å². The SMILES string of the molecule is CC1[C@@H](O)[C@H](O)C(CO)S[C@@H]1O. The van der Waals surface area contributed by atoms with Crippen molar-refractivity contribution in [2.45, 2.75) is 29.8 Å². The number of hydrogen-bond acceptors (Lipinski definition) is 5. The molecule has 1 aliphatic heterocycles. The maximum Gasteiger partial charge on any atom is 0.105 e. The van der Waals surface area contributed by atoms with Crippen LogP contribution in [-0.2, 0) is 0 Å². The highest BCUT2D eigenvalue weighted by Gasteiger charge is 2.40. The van der Waals surface area contributed by atoms with Crippen molar-refractivity contribution in [3.63, 3.8) is 0 Å². The zero-order chi connectivity index (χ0) is 9.30. The Labute approximate surface area is 75.2 Å². The fourth-order valence-electron chi connectivity index (χ4n) is 1.23. The lowest BCUT2D eigenvalue weighted by molar-refractivity contribution is -0.0480. The minimum Gasteiger partial charge on any atom is -0.395 e. The monoisotopic (exact) mass is 194 g/mol. The average molecular weight is 194 g/mol. The maximum atomic E-state index is 9.38. The Morgan fingerprint density at radius 1 is 1.17 bits per heavy atom. The molecule has 0 aromatic rings. The molecule has 0 aromatic heterocycles. The summed E-state index contributed by atoms with van der Waals surface area (Å²) in [6.45, 7) is 1.44. The zero-order valence-corrected chi connectivity index (χ0v) is 7.61. The van der Waals surface area contributed by atoms with E-state index in [4.69, 9.17) is 5.11 Å². The van der Waals surface area contributed by atoms with Crippen molar-refractivity contribution in [1.29, 1.82) is 0 Å². The summed E-state index contributed by atoms with van der Waals surface area (Å²) in [4.78, 5) is 0. The van der Waals surface area contributed by atoms with E-state index in [0.717, 1.165) is 11.8 Å². The van der Waals surface area contributed by atoms with Crippen LogP contribution in [0.5, 0.6) is 0 Å². The molecule has 0 amide bonds. The molecular weight excluding hydrogens is 180 g/mol. The Morgan fingerprint density at radius 2 is 1.75 bits per heavy atom. The summed E-state index contributed by atoms with van der Waals surface area (Å²) < 4.78 is 0. The first-order valence-corrected chi connectivity index (χ1v) is 4.82. The van der Waals surface area contributed by atoms with E-state index >= 15 is 0 Å². The van der Waals surface area contributed by atoms with Gasteiger partial charge in [-0.25, -0.2) is 0 Å². The summed E-state index contributed by atoms with van der Waals surface area (Å²) in [5.74, 6) is -0.354. The van der Waals surface area contributed by atoms with Crippen LogP contribution in [-0.4, -0.2) is 49.9 Å². The van der Waals surface area contributed by atoms with Crippen molar-refractivity contribution in [1.82, 2.24) is 0 Å². The summed E-state index contributed by atoms with van der Waals surface area (Å²) in [5.41, 5.74) is -0.708.